The molecular weight excluding hydrogens is 232 g/mol. The second kappa shape index (κ2) is 4.52. The molecule has 1 aromatic heterocycles. The normalized spacial score (nSPS) is 10.4. The van der Waals surface area contributed by atoms with Crippen LogP contribution in [0.2, 0.25) is 0 Å². The quantitative estimate of drug-likeness (QED) is 0.832. The second-order valence-electron chi connectivity index (χ2n) is 4.01. The smallest absolute Gasteiger partial charge is 0.403 e. The van der Waals surface area contributed by atoms with Crippen molar-refractivity contribution in [3.63, 3.8) is 0 Å². The SMILES string of the molecule is COc1cccc(-n2c(C)cc(C(=O)O)[n+]2C)c1. The van der Waals surface area contributed by atoms with E-state index in [-0.39, 0.29) is 5.69 Å². The van der Waals surface area contributed by atoms with Crippen molar-refractivity contribution in [1.29, 1.82) is 0 Å². The molecule has 0 aliphatic rings. The number of benzene rings is 1. The molecule has 2 rings (SSSR count). The highest BCUT2D eigenvalue weighted by molar-refractivity contribution is 5.83. The molecule has 0 unspecified atom stereocenters. The van der Waals surface area contributed by atoms with E-state index >= 15 is 0 Å². The van der Waals surface area contributed by atoms with Crippen LogP contribution in [0.1, 0.15) is 16.2 Å². The number of rotatable bonds is 3. The van der Waals surface area contributed by atoms with Crippen molar-refractivity contribution < 1.29 is 19.3 Å². The van der Waals surface area contributed by atoms with Gasteiger partial charge in [-0.15, -0.1) is 4.68 Å². The van der Waals surface area contributed by atoms with Gasteiger partial charge in [0.15, 0.2) is 7.05 Å². The van der Waals surface area contributed by atoms with Crippen molar-refractivity contribution in [3.05, 3.63) is 41.7 Å². The van der Waals surface area contributed by atoms with Gasteiger partial charge in [0, 0.05) is 12.1 Å². The molecule has 2 aromatic rings. The zero-order valence-corrected chi connectivity index (χ0v) is 10.5. The van der Waals surface area contributed by atoms with Crippen LogP contribution in [0, 0.1) is 6.92 Å². The minimum Gasteiger partial charge on any atom is -0.497 e. The first-order valence-electron chi connectivity index (χ1n) is 5.51. The maximum Gasteiger partial charge on any atom is 0.403 e. The number of carboxylic acid groups (broad SMARTS) is 1. The van der Waals surface area contributed by atoms with E-state index < -0.39 is 5.97 Å². The Hall–Kier alpha value is -2.30. The number of ether oxygens (including phenoxy) is 1. The number of aryl methyl sites for hydroxylation is 1. The summed E-state index contributed by atoms with van der Waals surface area (Å²) in [6.07, 6.45) is 0. The van der Waals surface area contributed by atoms with Gasteiger partial charge < -0.3 is 9.84 Å². The largest absolute Gasteiger partial charge is 0.497 e. The van der Waals surface area contributed by atoms with Crippen LogP contribution in [-0.2, 0) is 7.05 Å². The number of carboxylic acids is 1. The summed E-state index contributed by atoms with van der Waals surface area (Å²) in [5.41, 5.74) is 1.96. The van der Waals surface area contributed by atoms with Gasteiger partial charge >= 0.3 is 11.7 Å². The molecule has 0 spiro atoms. The highest BCUT2D eigenvalue weighted by Crippen LogP contribution is 2.17. The minimum absolute atomic E-state index is 0.246. The van der Waals surface area contributed by atoms with E-state index in [4.69, 9.17) is 9.84 Å². The summed E-state index contributed by atoms with van der Waals surface area (Å²) < 4.78 is 8.60. The molecule has 0 fully saturated rings. The molecule has 0 bridgehead atoms. The first-order chi connectivity index (χ1) is 8.54. The van der Waals surface area contributed by atoms with E-state index in [1.807, 2.05) is 35.9 Å². The Morgan fingerprint density at radius 1 is 1.39 bits per heavy atom. The van der Waals surface area contributed by atoms with Gasteiger partial charge in [0.1, 0.15) is 11.4 Å². The lowest BCUT2D eigenvalue weighted by molar-refractivity contribution is -0.746. The molecule has 0 saturated carbocycles. The molecular formula is C13H15N2O3+. The Labute approximate surface area is 105 Å². The van der Waals surface area contributed by atoms with Crippen LogP contribution in [-0.4, -0.2) is 22.9 Å². The molecule has 1 heterocycles. The third-order valence-electron chi connectivity index (χ3n) is 2.85. The molecule has 1 aromatic carbocycles. The van der Waals surface area contributed by atoms with Gasteiger partial charge in [0.05, 0.1) is 12.8 Å². The van der Waals surface area contributed by atoms with Crippen molar-refractivity contribution >= 4 is 5.97 Å². The molecule has 5 nitrogen and oxygen atoms in total. The molecule has 5 heteroatoms. The van der Waals surface area contributed by atoms with Gasteiger partial charge in [-0.05, 0) is 19.1 Å². The number of aromatic carboxylic acids is 1. The first-order valence-corrected chi connectivity index (χ1v) is 5.51. The van der Waals surface area contributed by atoms with Crippen LogP contribution in [0.5, 0.6) is 5.75 Å². The summed E-state index contributed by atoms with van der Waals surface area (Å²) in [4.78, 5) is 11.1. The maximum absolute atomic E-state index is 11.1. The summed E-state index contributed by atoms with van der Waals surface area (Å²) >= 11 is 0. The molecule has 0 saturated heterocycles. The maximum atomic E-state index is 11.1. The fourth-order valence-corrected chi connectivity index (χ4v) is 2.02. The lowest BCUT2D eigenvalue weighted by Gasteiger charge is -2.05. The Bertz CT molecular complexity index is 602. The minimum atomic E-state index is -0.942. The summed E-state index contributed by atoms with van der Waals surface area (Å²) in [5, 5.41) is 9.09. The molecule has 18 heavy (non-hydrogen) atoms. The predicted octanol–water partition coefficient (Wildman–Crippen LogP) is 1.32. The Balaban J connectivity index is 2.60. The molecule has 0 atom stereocenters. The number of aromatic nitrogens is 2. The van der Waals surface area contributed by atoms with Crippen molar-refractivity contribution in [2.24, 2.45) is 7.05 Å². The third kappa shape index (κ3) is 1.95. The molecule has 0 aliphatic heterocycles. The number of hydrogen-bond acceptors (Lipinski definition) is 2. The van der Waals surface area contributed by atoms with Crippen molar-refractivity contribution in [2.75, 3.05) is 7.11 Å². The number of methoxy groups -OCH3 is 1. The molecule has 0 radical (unpaired) electrons. The van der Waals surface area contributed by atoms with Crippen molar-refractivity contribution in [3.8, 4) is 11.4 Å². The van der Waals surface area contributed by atoms with Crippen LogP contribution in [0.3, 0.4) is 0 Å². The van der Waals surface area contributed by atoms with E-state index in [0.717, 1.165) is 17.1 Å². The number of carbonyl (C=O) groups is 1. The van der Waals surface area contributed by atoms with Gasteiger partial charge in [-0.2, -0.15) is 0 Å². The predicted molar refractivity (Wildman–Crippen MR) is 65.2 cm³/mol. The number of hydrogen-bond donors (Lipinski definition) is 1. The van der Waals surface area contributed by atoms with E-state index in [0.29, 0.717) is 0 Å². The third-order valence-corrected chi connectivity index (χ3v) is 2.85. The topological polar surface area (TPSA) is 55.3 Å². The van der Waals surface area contributed by atoms with Crippen LogP contribution >= 0.6 is 0 Å². The van der Waals surface area contributed by atoms with E-state index in [9.17, 15) is 4.79 Å². The zero-order valence-electron chi connectivity index (χ0n) is 10.5. The van der Waals surface area contributed by atoms with Gasteiger partial charge in [0.2, 0.25) is 0 Å². The molecule has 0 amide bonds. The monoisotopic (exact) mass is 247 g/mol. The van der Waals surface area contributed by atoms with Crippen molar-refractivity contribution in [1.82, 2.24) is 4.68 Å². The van der Waals surface area contributed by atoms with Crippen molar-refractivity contribution in [2.45, 2.75) is 6.92 Å². The van der Waals surface area contributed by atoms with E-state index in [1.54, 1.807) is 24.9 Å². The molecule has 1 N–H and O–H groups in total. The fraction of sp³-hybridized carbons (Fsp3) is 0.231. The summed E-state index contributed by atoms with van der Waals surface area (Å²) in [6.45, 7) is 1.87. The van der Waals surface area contributed by atoms with E-state index in [1.165, 1.54) is 0 Å². The van der Waals surface area contributed by atoms with Crippen LogP contribution < -0.4 is 9.42 Å². The highest BCUT2D eigenvalue weighted by atomic mass is 16.5. The zero-order chi connectivity index (χ0) is 13.3. The average molecular weight is 247 g/mol. The number of nitrogens with zero attached hydrogens (tertiary/aromatic N) is 2. The Kier molecular flexibility index (Phi) is 3.06. The average Bonchev–Trinajstić information content (AvgIpc) is 2.65. The summed E-state index contributed by atoms with van der Waals surface area (Å²) in [7, 11) is 3.32. The summed E-state index contributed by atoms with van der Waals surface area (Å²) in [6, 6.07) is 9.12. The lowest BCUT2D eigenvalue weighted by Crippen LogP contribution is -2.43. The summed E-state index contributed by atoms with van der Waals surface area (Å²) in [5.74, 6) is -0.209. The molecule has 94 valence electrons. The Morgan fingerprint density at radius 3 is 2.67 bits per heavy atom. The van der Waals surface area contributed by atoms with Gasteiger partial charge in [-0.3, -0.25) is 0 Å². The van der Waals surface area contributed by atoms with E-state index in [2.05, 4.69) is 0 Å². The highest BCUT2D eigenvalue weighted by Gasteiger charge is 2.24. The van der Waals surface area contributed by atoms with Crippen LogP contribution in [0.25, 0.3) is 5.69 Å². The Morgan fingerprint density at radius 2 is 2.11 bits per heavy atom. The van der Waals surface area contributed by atoms with Gasteiger partial charge in [-0.1, -0.05) is 10.7 Å². The fourth-order valence-electron chi connectivity index (χ4n) is 2.02. The van der Waals surface area contributed by atoms with Crippen LogP contribution in [0.4, 0.5) is 0 Å². The first kappa shape index (κ1) is 12.2. The lowest BCUT2D eigenvalue weighted by atomic mass is 10.3. The second-order valence-corrected chi connectivity index (χ2v) is 4.01. The van der Waals surface area contributed by atoms with Gasteiger partial charge in [-0.25, -0.2) is 4.79 Å². The van der Waals surface area contributed by atoms with Gasteiger partial charge in [0.25, 0.3) is 0 Å². The molecule has 0 aliphatic carbocycles. The standard InChI is InChI=1S/C13H14N2O3/c1-9-7-12(13(16)17)14(2)15(9)10-5-4-6-11(8-10)18-3/h4-8H,1-3H3/p+1. The van der Waals surface area contributed by atoms with Crippen LogP contribution in [0.15, 0.2) is 30.3 Å².